The molecule has 1 saturated heterocycles. The summed E-state index contributed by atoms with van der Waals surface area (Å²) in [4.78, 5) is 32.5. The van der Waals surface area contributed by atoms with Gasteiger partial charge in [-0.3, -0.25) is 10.1 Å². The summed E-state index contributed by atoms with van der Waals surface area (Å²) in [5.74, 6) is 0.438. The maximum Gasteiger partial charge on any atom is 0.318 e. The molecule has 1 unspecified atom stereocenters. The van der Waals surface area contributed by atoms with Crippen LogP contribution < -0.4 is 10.6 Å². The molecule has 1 aliphatic rings. The van der Waals surface area contributed by atoms with E-state index in [1.54, 1.807) is 30.5 Å². The molecule has 0 radical (unpaired) electrons. The van der Waals surface area contributed by atoms with Crippen molar-refractivity contribution in [1.29, 1.82) is 0 Å². The maximum atomic E-state index is 13.2. The number of aryl methyl sites for hydroxylation is 1. The van der Waals surface area contributed by atoms with E-state index in [4.69, 9.17) is 4.74 Å². The van der Waals surface area contributed by atoms with Gasteiger partial charge in [0.1, 0.15) is 5.54 Å². The molecule has 0 spiro atoms. The number of likely N-dealkylation sites (tertiary alicyclic amines) is 1. The van der Waals surface area contributed by atoms with Crippen LogP contribution in [0.4, 0.5) is 10.7 Å². The number of aromatic nitrogens is 3. The smallest absolute Gasteiger partial charge is 0.318 e. The van der Waals surface area contributed by atoms with Crippen molar-refractivity contribution in [3.05, 3.63) is 65.7 Å². The fourth-order valence-electron chi connectivity index (χ4n) is 4.30. The molecule has 1 fully saturated rings. The van der Waals surface area contributed by atoms with E-state index in [1.165, 1.54) is 0 Å². The van der Waals surface area contributed by atoms with Crippen LogP contribution in [0.2, 0.25) is 0 Å². The van der Waals surface area contributed by atoms with Crippen molar-refractivity contribution in [2.75, 3.05) is 25.6 Å². The molecule has 3 aromatic rings. The molecule has 9 heteroatoms. The fourth-order valence-corrected chi connectivity index (χ4v) is 4.30. The van der Waals surface area contributed by atoms with E-state index in [9.17, 15) is 9.59 Å². The Labute approximate surface area is 211 Å². The lowest BCUT2D eigenvalue weighted by Gasteiger charge is -2.30. The van der Waals surface area contributed by atoms with E-state index >= 15 is 0 Å². The predicted molar refractivity (Wildman–Crippen MR) is 139 cm³/mol. The number of carbonyl (C=O) groups excluding carboxylic acids is 2. The summed E-state index contributed by atoms with van der Waals surface area (Å²) >= 11 is 0. The zero-order chi connectivity index (χ0) is 25.7. The van der Waals surface area contributed by atoms with Gasteiger partial charge in [0, 0.05) is 19.2 Å². The van der Waals surface area contributed by atoms with Gasteiger partial charge in [-0.1, -0.05) is 60.2 Å². The Morgan fingerprint density at radius 1 is 1.11 bits per heavy atom. The third kappa shape index (κ3) is 5.91. The van der Waals surface area contributed by atoms with Gasteiger partial charge in [-0.05, 0) is 39.2 Å². The lowest BCUT2D eigenvalue weighted by Crippen LogP contribution is -2.57. The van der Waals surface area contributed by atoms with Gasteiger partial charge in [-0.2, -0.15) is 4.98 Å². The molecule has 1 aromatic heterocycles. The van der Waals surface area contributed by atoms with Crippen LogP contribution >= 0.6 is 0 Å². The van der Waals surface area contributed by atoms with Gasteiger partial charge >= 0.3 is 6.03 Å². The topological polar surface area (TPSA) is 101 Å². The number of nitrogens with one attached hydrogen (secondary N) is 2. The Balaban J connectivity index is 1.52. The molecule has 9 nitrogen and oxygen atoms in total. The Bertz CT molecular complexity index is 1190. The zero-order valence-electron chi connectivity index (χ0n) is 21.3. The van der Waals surface area contributed by atoms with Gasteiger partial charge in [0.05, 0.1) is 19.2 Å². The Hall–Kier alpha value is -3.72. The second-order valence-electron chi connectivity index (χ2n) is 9.72. The number of amides is 3. The highest BCUT2D eigenvalue weighted by molar-refractivity contribution is 5.98. The molecule has 2 aromatic carbocycles. The fraction of sp³-hybridized carbons (Fsp3) is 0.407. The number of carbonyl (C=O) groups is 2. The average Bonchev–Trinajstić information content (AvgIpc) is 3.47. The number of ether oxygens (including phenoxy) is 1. The number of hydrogen-bond donors (Lipinski definition) is 2. The molecule has 3 amide bonds. The molecule has 0 aliphatic carbocycles. The maximum absolute atomic E-state index is 13.2. The Morgan fingerprint density at radius 3 is 2.53 bits per heavy atom. The van der Waals surface area contributed by atoms with E-state index < -0.39 is 11.4 Å². The van der Waals surface area contributed by atoms with E-state index in [1.807, 2.05) is 61.5 Å². The van der Waals surface area contributed by atoms with Crippen molar-refractivity contribution in [2.24, 2.45) is 0 Å². The van der Waals surface area contributed by atoms with Crippen LogP contribution in [0.25, 0.3) is 11.4 Å². The van der Waals surface area contributed by atoms with Crippen molar-refractivity contribution in [1.82, 2.24) is 25.0 Å². The van der Waals surface area contributed by atoms with Gasteiger partial charge in [-0.15, -0.1) is 5.10 Å². The molecule has 2 heterocycles. The van der Waals surface area contributed by atoms with Gasteiger partial charge < -0.3 is 15.0 Å². The summed E-state index contributed by atoms with van der Waals surface area (Å²) in [6.07, 6.45) is 1.80. The number of hydrogen-bond acceptors (Lipinski definition) is 5. The number of anilines is 1. The highest BCUT2D eigenvalue weighted by Gasteiger charge is 2.35. The number of nitrogens with zero attached hydrogens (tertiary/aromatic N) is 4. The quantitative estimate of drug-likeness (QED) is 0.500. The molecule has 190 valence electrons. The van der Waals surface area contributed by atoms with Crippen LogP contribution in [-0.2, 0) is 16.1 Å². The van der Waals surface area contributed by atoms with Crippen LogP contribution in [0.3, 0.4) is 0 Å². The summed E-state index contributed by atoms with van der Waals surface area (Å²) in [7, 11) is 1.63. The van der Waals surface area contributed by atoms with Crippen LogP contribution in [0.15, 0.2) is 54.6 Å². The van der Waals surface area contributed by atoms with Crippen molar-refractivity contribution in [3.63, 3.8) is 0 Å². The molecule has 36 heavy (non-hydrogen) atoms. The normalized spacial score (nSPS) is 15.7. The Morgan fingerprint density at radius 2 is 1.83 bits per heavy atom. The number of methoxy groups -OCH3 is 1. The third-order valence-corrected chi connectivity index (χ3v) is 6.37. The summed E-state index contributed by atoms with van der Waals surface area (Å²) < 4.78 is 7.02. The number of urea groups is 1. The predicted octanol–water partition coefficient (Wildman–Crippen LogP) is 3.84. The van der Waals surface area contributed by atoms with Gasteiger partial charge in [0.15, 0.2) is 5.82 Å². The lowest BCUT2D eigenvalue weighted by molar-refractivity contribution is -0.121. The first-order valence-electron chi connectivity index (χ1n) is 12.2. The minimum Gasteiger partial charge on any atom is -0.383 e. The largest absolute Gasteiger partial charge is 0.383 e. The van der Waals surface area contributed by atoms with E-state index in [2.05, 4.69) is 20.7 Å². The second-order valence-corrected chi connectivity index (χ2v) is 9.72. The van der Waals surface area contributed by atoms with E-state index in [-0.39, 0.29) is 18.0 Å². The molecule has 4 rings (SSSR count). The monoisotopic (exact) mass is 490 g/mol. The first-order valence-corrected chi connectivity index (χ1v) is 12.2. The van der Waals surface area contributed by atoms with Crippen LogP contribution in [0.1, 0.15) is 37.8 Å². The van der Waals surface area contributed by atoms with E-state index in [0.717, 1.165) is 29.5 Å². The van der Waals surface area contributed by atoms with Crippen molar-refractivity contribution >= 4 is 17.9 Å². The summed E-state index contributed by atoms with van der Waals surface area (Å²) in [5.41, 5.74) is 1.93. The third-order valence-electron chi connectivity index (χ3n) is 6.37. The molecular formula is C27H34N6O3. The second kappa shape index (κ2) is 10.9. The van der Waals surface area contributed by atoms with Crippen molar-refractivity contribution < 1.29 is 14.3 Å². The minimum absolute atomic E-state index is 0.0151. The molecule has 0 bridgehead atoms. The van der Waals surface area contributed by atoms with Crippen LogP contribution in [0, 0.1) is 6.92 Å². The van der Waals surface area contributed by atoms with Crippen LogP contribution in [0.5, 0.6) is 0 Å². The summed E-state index contributed by atoms with van der Waals surface area (Å²) in [5, 5.41) is 10.2. The summed E-state index contributed by atoms with van der Waals surface area (Å²) in [6.45, 7) is 6.99. The first-order chi connectivity index (χ1) is 17.3. The first kappa shape index (κ1) is 25.4. The van der Waals surface area contributed by atoms with Crippen LogP contribution in [-0.4, -0.2) is 63.4 Å². The zero-order valence-corrected chi connectivity index (χ0v) is 21.3. The van der Waals surface area contributed by atoms with Gasteiger partial charge in [0.2, 0.25) is 5.95 Å². The minimum atomic E-state index is -1.17. The molecule has 0 saturated carbocycles. The van der Waals surface area contributed by atoms with Gasteiger partial charge in [0.25, 0.3) is 5.91 Å². The van der Waals surface area contributed by atoms with E-state index in [0.29, 0.717) is 25.5 Å². The van der Waals surface area contributed by atoms with Crippen molar-refractivity contribution in [2.45, 2.75) is 51.7 Å². The molecule has 1 aliphatic heterocycles. The number of rotatable bonds is 8. The molecule has 2 N–H and O–H groups in total. The average molecular weight is 491 g/mol. The Kier molecular flexibility index (Phi) is 7.69. The highest BCUT2D eigenvalue weighted by atomic mass is 16.5. The summed E-state index contributed by atoms with van der Waals surface area (Å²) in [6, 6.07) is 17.7. The number of benzene rings is 2. The SMILES string of the molecule is COCC1CCCN1C(=O)NC(C)(C)C(=O)Nc1nc(-c2ccc(C)cc2)n(Cc2ccccc2)n1. The van der Waals surface area contributed by atoms with Gasteiger partial charge in [-0.25, -0.2) is 9.48 Å². The van der Waals surface area contributed by atoms with Crippen molar-refractivity contribution in [3.8, 4) is 11.4 Å². The highest BCUT2D eigenvalue weighted by Crippen LogP contribution is 2.22. The molecular weight excluding hydrogens is 456 g/mol. The molecule has 1 atom stereocenters. The lowest BCUT2D eigenvalue weighted by atomic mass is 10.1. The standard InChI is InChI=1S/C27H34N6O3/c1-19-12-14-21(15-13-19)23-28-25(31-33(23)17-20-9-6-5-7-10-20)29-24(34)27(2,3)30-26(35)32-16-8-11-22(32)18-36-4/h5-7,9-10,12-15,22H,8,11,16-18H2,1-4H3,(H,30,35)(H,29,31,34).